The molecule has 0 bridgehead atoms. The smallest absolute Gasteiger partial charge is 0.276 e. The minimum Gasteiger partial charge on any atom is -0.331 e. The van der Waals surface area contributed by atoms with E-state index < -0.39 is 10.8 Å². The number of benzene rings is 2. The first-order valence-corrected chi connectivity index (χ1v) is 7.78. The van der Waals surface area contributed by atoms with Crippen molar-refractivity contribution in [2.75, 3.05) is 5.32 Å². The van der Waals surface area contributed by atoms with Gasteiger partial charge in [0.1, 0.15) is 0 Å². The number of rotatable bonds is 4. The largest absolute Gasteiger partial charge is 0.331 e. The van der Waals surface area contributed by atoms with E-state index in [1.807, 2.05) is 0 Å². The van der Waals surface area contributed by atoms with Gasteiger partial charge in [0.25, 0.3) is 11.6 Å². The number of hydrogen-bond donors (Lipinski definition) is 3. The highest BCUT2D eigenvalue weighted by atomic mass is 35.5. The summed E-state index contributed by atoms with van der Waals surface area (Å²) in [6.07, 6.45) is 2.51. The molecule has 0 saturated heterocycles. The number of carbonyl (C=O) groups is 1. The summed E-state index contributed by atoms with van der Waals surface area (Å²) in [4.78, 5) is 22.2. The molecule has 2 aromatic rings. The number of thiocarbonyl (C=S) groups is 1. The van der Waals surface area contributed by atoms with Crippen molar-refractivity contribution in [1.29, 1.82) is 0 Å². The normalized spacial score (nSPS) is 10.3. The van der Waals surface area contributed by atoms with Gasteiger partial charge in [-0.3, -0.25) is 25.8 Å². The predicted octanol–water partition coefficient (Wildman–Crippen LogP) is 3.28. The van der Waals surface area contributed by atoms with E-state index in [9.17, 15) is 14.9 Å². The summed E-state index contributed by atoms with van der Waals surface area (Å²) in [5.74, 6) is -0.520. The number of anilines is 1. The molecule has 1 amide bonds. The minimum absolute atomic E-state index is 0.0855. The van der Waals surface area contributed by atoms with Crippen molar-refractivity contribution in [1.82, 2.24) is 10.9 Å². The van der Waals surface area contributed by atoms with Crippen molar-refractivity contribution in [3.05, 3.63) is 75.3 Å². The molecule has 9 heteroatoms. The lowest BCUT2D eigenvalue weighted by Gasteiger charge is -2.10. The zero-order chi connectivity index (χ0) is 18.2. The average Bonchev–Trinajstić information content (AvgIpc) is 2.58. The van der Waals surface area contributed by atoms with Gasteiger partial charge in [0, 0.05) is 22.9 Å². The fourth-order valence-corrected chi connectivity index (χ4v) is 2.21. The van der Waals surface area contributed by atoms with Gasteiger partial charge in [0.15, 0.2) is 5.11 Å². The number of nitro groups is 1. The average molecular weight is 377 g/mol. The number of amides is 1. The molecule has 7 nitrogen and oxygen atoms in total. The topological polar surface area (TPSA) is 96.3 Å². The summed E-state index contributed by atoms with van der Waals surface area (Å²) in [5, 5.41) is 14.5. The Morgan fingerprint density at radius 1 is 1.16 bits per heavy atom. The van der Waals surface area contributed by atoms with Crippen molar-refractivity contribution in [2.24, 2.45) is 0 Å². The molecule has 0 atom stereocenters. The molecule has 0 spiro atoms. The van der Waals surface area contributed by atoms with Crippen LogP contribution in [0.25, 0.3) is 6.08 Å². The molecule has 128 valence electrons. The van der Waals surface area contributed by atoms with Gasteiger partial charge < -0.3 is 5.32 Å². The maximum Gasteiger partial charge on any atom is 0.276 e. The maximum atomic E-state index is 11.8. The van der Waals surface area contributed by atoms with Crippen molar-refractivity contribution in [3.63, 3.8) is 0 Å². The second-order valence-electron chi connectivity index (χ2n) is 4.73. The Morgan fingerprint density at radius 2 is 1.92 bits per heavy atom. The van der Waals surface area contributed by atoms with Gasteiger partial charge in [-0.05, 0) is 42.6 Å². The summed E-state index contributed by atoms with van der Waals surface area (Å²) in [6.45, 7) is 0. The van der Waals surface area contributed by atoms with Crippen molar-refractivity contribution in [3.8, 4) is 0 Å². The van der Waals surface area contributed by atoms with E-state index in [2.05, 4.69) is 16.2 Å². The number of hydrogen-bond acceptors (Lipinski definition) is 4. The van der Waals surface area contributed by atoms with E-state index in [4.69, 9.17) is 23.8 Å². The van der Waals surface area contributed by atoms with Crippen LogP contribution in [0.5, 0.6) is 0 Å². The molecular weight excluding hydrogens is 364 g/mol. The van der Waals surface area contributed by atoms with E-state index >= 15 is 0 Å². The van der Waals surface area contributed by atoms with Gasteiger partial charge in [-0.1, -0.05) is 29.8 Å². The highest BCUT2D eigenvalue weighted by Gasteiger charge is 2.09. The fourth-order valence-electron chi connectivity index (χ4n) is 1.85. The van der Waals surface area contributed by atoms with E-state index in [1.165, 1.54) is 12.1 Å². The van der Waals surface area contributed by atoms with Crippen LogP contribution in [0, 0.1) is 10.1 Å². The molecule has 0 aliphatic carbocycles. The molecule has 0 fully saturated rings. The number of nitro benzene ring substituents is 1. The van der Waals surface area contributed by atoms with Crippen LogP contribution >= 0.6 is 23.8 Å². The Morgan fingerprint density at radius 3 is 2.64 bits per heavy atom. The minimum atomic E-state index is -0.520. The van der Waals surface area contributed by atoms with Crippen LogP contribution in [0.4, 0.5) is 11.4 Å². The highest BCUT2D eigenvalue weighted by molar-refractivity contribution is 7.80. The van der Waals surface area contributed by atoms with E-state index in [-0.39, 0.29) is 10.8 Å². The Labute approximate surface area is 153 Å². The van der Waals surface area contributed by atoms with Crippen molar-refractivity contribution in [2.45, 2.75) is 0 Å². The molecule has 2 aromatic carbocycles. The molecule has 0 heterocycles. The van der Waals surface area contributed by atoms with E-state index in [1.54, 1.807) is 42.5 Å². The lowest BCUT2D eigenvalue weighted by atomic mass is 10.1. The first-order chi connectivity index (χ1) is 12.0. The van der Waals surface area contributed by atoms with Gasteiger partial charge >= 0.3 is 0 Å². The Bertz CT molecular complexity index is 842. The number of nitrogens with one attached hydrogen (secondary N) is 3. The third-order valence-corrected chi connectivity index (χ3v) is 3.37. The third kappa shape index (κ3) is 5.87. The van der Waals surface area contributed by atoms with Crippen LogP contribution in [0.1, 0.15) is 5.56 Å². The number of carbonyl (C=O) groups excluding carboxylic acids is 1. The predicted molar refractivity (Wildman–Crippen MR) is 101 cm³/mol. The summed E-state index contributed by atoms with van der Waals surface area (Å²) in [7, 11) is 0. The van der Waals surface area contributed by atoms with Crippen molar-refractivity contribution < 1.29 is 9.72 Å². The Balaban J connectivity index is 1.88. The third-order valence-electron chi connectivity index (χ3n) is 2.93. The molecule has 0 aliphatic rings. The lowest BCUT2D eigenvalue weighted by molar-refractivity contribution is -0.385. The second-order valence-corrected chi connectivity index (χ2v) is 5.57. The van der Waals surface area contributed by atoms with Crippen molar-refractivity contribution >= 4 is 52.3 Å². The molecular formula is C16H13ClN4O3S. The Hall–Kier alpha value is -2.97. The molecule has 0 aliphatic heterocycles. The van der Waals surface area contributed by atoms with Crippen LogP contribution < -0.4 is 16.2 Å². The molecule has 3 N–H and O–H groups in total. The fraction of sp³-hybridized carbons (Fsp3) is 0. The zero-order valence-electron chi connectivity index (χ0n) is 12.7. The van der Waals surface area contributed by atoms with Gasteiger partial charge in [-0.2, -0.15) is 0 Å². The summed E-state index contributed by atoms with van der Waals surface area (Å²) in [5.41, 5.74) is 5.77. The van der Waals surface area contributed by atoms with Crippen LogP contribution in [0.2, 0.25) is 5.02 Å². The number of hydrazine groups is 1. The first-order valence-electron chi connectivity index (χ1n) is 7.00. The maximum absolute atomic E-state index is 11.8. The van der Waals surface area contributed by atoms with Gasteiger partial charge in [0.2, 0.25) is 0 Å². The van der Waals surface area contributed by atoms with Crippen LogP contribution in [0.3, 0.4) is 0 Å². The van der Waals surface area contributed by atoms with E-state index in [0.717, 1.165) is 6.08 Å². The number of nitrogens with zero attached hydrogens (tertiary/aromatic N) is 1. The molecule has 0 aromatic heterocycles. The molecule has 2 rings (SSSR count). The SMILES string of the molecule is O=C(/C=C/c1ccccc1[N+](=O)[O-])NNC(=S)Nc1cccc(Cl)c1. The number of halogens is 1. The van der Waals surface area contributed by atoms with Crippen LogP contribution in [-0.4, -0.2) is 15.9 Å². The molecule has 25 heavy (non-hydrogen) atoms. The van der Waals surface area contributed by atoms with Crippen LogP contribution in [0.15, 0.2) is 54.6 Å². The second kappa shape index (κ2) is 8.76. The quantitative estimate of drug-likeness (QED) is 0.328. The standard InChI is InChI=1S/C16H13ClN4O3S/c17-12-5-3-6-13(10-12)18-16(25)20-19-15(22)9-8-11-4-1-2-7-14(11)21(23)24/h1-10H,(H,19,22)(H2,18,20,25)/b9-8+. The first kappa shape index (κ1) is 18.4. The lowest BCUT2D eigenvalue weighted by Crippen LogP contribution is -2.43. The highest BCUT2D eigenvalue weighted by Crippen LogP contribution is 2.18. The summed E-state index contributed by atoms with van der Waals surface area (Å²) >= 11 is 10.9. The summed E-state index contributed by atoms with van der Waals surface area (Å²) < 4.78 is 0. The number of para-hydroxylation sites is 1. The molecule has 0 radical (unpaired) electrons. The zero-order valence-corrected chi connectivity index (χ0v) is 14.3. The van der Waals surface area contributed by atoms with Crippen LogP contribution in [-0.2, 0) is 4.79 Å². The Kier molecular flexibility index (Phi) is 6.44. The van der Waals surface area contributed by atoms with E-state index in [0.29, 0.717) is 16.3 Å². The molecule has 0 saturated carbocycles. The van der Waals surface area contributed by atoms with Gasteiger partial charge in [-0.15, -0.1) is 0 Å². The summed E-state index contributed by atoms with van der Waals surface area (Å²) in [6, 6.07) is 13.0. The van der Waals surface area contributed by atoms with Gasteiger partial charge in [0.05, 0.1) is 10.5 Å². The molecule has 0 unspecified atom stereocenters. The van der Waals surface area contributed by atoms with Gasteiger partial charge in [-0.25, -0.2) is 0 Å². The monoisotopic (exact) mass is 376 g/mol.